The average Bonchev–Trinajstić information content (AvgIpc) is 2.79. The molecule has 86 valence electrons. The van der Waals surface area contributed by atoms with Gasteiger partial charge in [-0.1, -0.05) is 12.8 Å². The monoisotopic (exact) mass is 209 g/mol. The number of fused-ring (bicyclic) bond motifs is 2. The van der Waals surface area contributed by atoms with Gasteiger partial charge in [0.05, 0.1) is 5.60 Å². The van der Waals surface area contributed by atoms with Crippen molar-refractivity contribution in [2.24, 2.45) is 5.92 Å². The van der Waals surface area contributed by atoms with E-state index in [1.165, 1.54) is 38.5 Å². The van der Waals surface area contributed by atoms with Crippen molar-refractivity contribution < 1.29 is 5.11 Å². The first-order valence-corrected chi connectivity index (χ1v) is 6.63. The van der Waals surface area contributed by atoms with Gasteiger partial charge in [0.25, 0.3) is 0 Å². The summed E-state index contributed by atoms with van der Waals surface area (Å²) in [5.41, 5.74) is -0.297. The molecule has 1 N–H and O–H groups in total. The summed E-state index contributed by atoms with van der Waals surface area (Å²) in [5.74, 6) is 0.620. The second-order valence-corrected chi connectivity index (χ2v) is 6.04. The minimum atomic E-state index is -0.297. The minimum absolute atomic E-state index is 0.297. The Morgan fingerprint density at radius 1 is 1.00 bits per heavy atom. The van der Waals surface area contributed by atoms with Crippen LogP contribution in [-0.2, 0) is 0 Å². The average molecular weight is 209 g/mol. The maximum absolute atomic E-state index is 10.8. The number of rotatable bonds is 1. The van der Waals surface area contributed by atoms with Gasteiger partial charge in [0, 0.05) is 12.1 Å². The lowest BCUT2D eigenvalue weighted by Gasteiger charge is -2.45. The third-order valence-electron chi connectivity index (χ3n) is 5.28. The fourth-order valence-electron chi connectivity index (χ4n) is 4.28. The second-order valence-electron chi connectivity index (χ2n) is 6.04. The Morgan fingerprint density at radius 3 is 2.07 bits per heavy atom. The molecule has 2 unspecified atom stereocenters. The van der Waals surface area contributed by atoms with Crippen LogP contribution in [0.25, 0.3) is 0 Å². The molecule has 15 heavy (non-hydrogen) atoms. The zero-order valence-corrected chi connectivity index (χ0v) is 9.78. The molecular weight excluding hydrogens is 186 g/mol. The third kappa shape index (κ3) is 1.53. The first-order valence-electron chi connectivity index (χ1n) is 6.63. The van der Waals surface area contributed by atoms with E-state index < -0.39 is 0 Å². The Kier molecular flexibility index (Phi) is 2.33. The van der Waals surface area contributed by atoms with E-state index >= 15 is 0 Å². The Balaban J connectivity index is 1.77. The SMILES string of the molecule is CN1C2CCC1CC(O)(C1CCCC1)C2. The Hall–Kier alpha value is -0.0800. The van der Waals surface area contributed by atoms with Gasteiger partial charge in [0.1, 0.15) is 0 Å². The highest BCUT2D eigenvalue weighted by Crippen LogP contribution is 2.47. The molecule has 3 rings (SSSR count). The molecule has 0 aromatic heterocycles. The zero-order chi connectivity index (χ0) is 10.5. The lowest BCUT2D eigenvalue weighted by molar-refractivity contribution is -0.0842. The predicted octanol–water partition coefficient (Wildman–Crippen LogP) is 2.16. The molecule has 3 fully saturated rings. The highest BCUT2D eigenvalue weighted by Gasteiger charge is 2.49. The summed E-state index contributed by atoms with van der Waals surface area (Å²) >= 11 is 0. The highest BCUT2D eigenvalue weighted by atomic mass is 16.3. The van der Waals surface area contributed by atoms with Crippen molar-refractivity contribution in [2.75, 3.05) is 7.05 Å². The molecule has 2 heteroatoms. The molecule has 0 radical (unpaired) electrons. The molecule has 0 spiro atoms. The van der Waals surface area contributed by atoms with E-state index in [0.717, 1.165) is 12.8 Å². The standard InChI is InChI=1S/C13H23NO/c1-14-11-6-7-12(14)9-13(15,8-11)10-4-2-3-5-10/h10-12,15H,2-9H2,1H3. The predicted molar refractivity (Wildman–Crippen MR) is 60.7 cm³/mol. The van der Waals surface area contributed by atoms with E-state index in [0.29, 0.717) is 18.0 Å². The third-order valence-corrected chi connectivity index (χ3v) is 5.28. The lowest BCUT2D eigenvalue weighted by Crippen LogP contribution is -2.52. The fourth-order valence-corrected chi connectivity index (χ4v) is 4.28. The number of hydrogen-bond donors (Lipinski definition) is 1. The summed E-state index contributed by atoms with van der Waals surface area (Å²) in [6.07, 6.45) is 9.97. The van der Waals surface area contributed by atoms with Crippen molar-refractivity contribution in [1.29, 1.82) is 0 Å². The summed E-state index contributed by atoms with van der Waals surface area (Å²) < 4.78 is 0. The molecule has 2 nitrogen and oxygen atoms in total. The highest BCUT2D eigenvalue weighted by molar-refractivity contribution is 5.04. The fraction of sp³-hybridized carbons (Fsp3) is 1.00. The van der Waals surface area contributed by atoms with Gasteiger partial charge in [0.15, 0.2) is 0 Å². The van der Waals surface area contributed by atoms with Gasteiger partial charge in [-0.3, -0.25) is 0 Å². The Bertz CT molecular complexity index is 233. The van der Waals surface area contributed by atoms with Gasteiger partial charge in [-0.25, -0.2) is 0 Å². The second kappa shape index (κ2) is 3.46. The quantitative estimate of drug-likeness (QED) is 0.715. The van der Waals surface area contributed by atoms with Crippen molar-refractivity contribution in [2.45, 2.75) is 69.1 Å². The van der Waals surface area contributed by atoms with E-state index in [9.17, 15) is 5.11 Å². The summed E-state index contributed by atoms with van der Waals surface area (Å²) in [7, 11) is 2.25. The Morgan fingerprint density at radius 2 is 1.53 bits per heavy atom. The van der Waals surface area contributed by atoms with Crippen molar-refractivity contribution in [3.8, 4) is 0 Å². The number of hydrogen-bond acceptors (Lipinski definition) is 2. The van der Waals surface area contributed by atoms with Crippen LogP contribution in [0.3, 0.4) is 0 Å². The first-order chi connectivity index (χ1) is 7.19. The van der Waals surface area contributed by atoms with Gasteiger partial charge in [-0.05, 0) is 51.5 Å². The van der Waals surface area contributed by atoms with Gasteiger partial charge in [-0.15, -0.1) is 0 Å². The van der Waals surface area contributed by atoms with Crippen molar-refractivity contribution in [3.05, 3.63) is 0 Å². The minimum Gasteiger partial charge on any atom is -0.389 e. The molecular formula is C13H23NO. The van der Waals surface area contributed by atoms with Crippen molar-refractivity contribution in [1.82, 2.24) is 4.90 Å². The zero-order valence-electron chi connectivity index (χ0n) is 9.78. The van der Waals surface area contributed by atoms with Crippen LogP contribution in [0.4, 0.5) is 0 Å². The van der Waals surface area contributed by atoms with Crippen LogP contribution in [0.15, 0.2) is 0 Å². The van der Waals surface area contributed by atoms with E-state index in [1.54, 1.807) is 0 Å². The van der Waals surface area contributed by atoms with E-state index in [-0.39, 0.29) is 5.60 Å². The van der Waals surface area contributed by atoms with Gasteiger partial charge >= 0.3 is 0 Å². The van der Waals surface area contributed by atoms with Crippen LogP contribution in [0.5, 0.6) is 0 Å². The summed E-state index contributed by atoms with van der Waals surface area (Å²) in [6, 6.07) is 1.35. The van der Waals surface area contributed by atoms with Crippen LogP contribution in [0, 0.1) is 5.92 Å². The molecule has 0 amide bonds. The molecule has 1 saturated carbocycles. The van der Waals surface area contributed by atoms with Crippen LogP contribution < -0.4 is 0 Å². The lowest BCUT2D eigenvalue weighted by atomic mass is 9.75. The molecule has 2 bridgehead atoms. The first kappa shape index (κ1) is 10.1. The number of piperidine rings is 1. The molecule has 2 saturated heterocycles. The molecule has 1 aliphatic carbocycles. The van der Waals surface area contributed by atoms with Crippen LogP contribution >= 0.6 is 0 Å². The molecule has 2 heterocycles. The van der Waals surface area contributed by atoms with Crippen LogP contribution in [0.2, 0.25) is 0 Å². The molecule has 3 aliphatic rings. The Labute approximate surface area is 92.7 Å². The molecule has 0 aromatic carbocycles. The smallest absolute Gasteiger partial charge is 0.0705 e. The summed E-state index contributed by atoms with van der Waals surface area (Å²) in [4.78, 5) is 2.52. The molecule has 2 atom stereocenters. The van der Waals surface area contributed by atoms with E-state index in [2.05, 4.69) is 11.9 Å². The maximum atomic E-state index is 10.8. The van der Waals surface area contributed by atoms with E-state index in [4.69, 9.17) is 0 Å². The molecule has 2 aliphatic heterocycles. The number of aliphatic hydroxyl groups is 1. The molecule has 0 aromatic rings. The van der Waals surface area contributed by atoms with Crippen molar-refractivity contribution >= 4 is 0 Å². The van der Waals surface area contributed by atoms with Crippen LogP contribution in [0.1, 0.15) is 51.4 Å². The van der Waals surface area contributed by atoms with E-state index in [1.807, 2.05) is 0 Å². The summed E-state index contributed by atoms with van der Waals surface area (Å²) in [5, 5.41) is 10.8. The summed E-state index contributed by atoms with van der Waals surface area (Å²) in [6.45, 7) is 0. The largest absolute Gasteiger partial charge is 0.389 e. The number of nitrogens with zero attached hydrogens (tertiary/aromatic N) is 1. The van der Waals surface area contributed by atoms with Gasteiger partial charge in [0.2, 0.25) is 0 Å². The van der Waals surface area contributed by atoms with Crippen LogP contribution in [-0.4, -0.2) is 34.7 Å². The van der Waals surface area contributed by atoms with Gasteiger partial charge in [-0.2, -0.15) is 0 Å². The normalized spacial score (nSPS) is 47.6. The van der Waals surface area contributed by atoms with Gasteiger partial charge < -0.3 is 10.0 Å². The topological polar surface area (TPSA) is 23.5 Å². The maximum Gasteiger partial charge on any atom is 0.0705 e. The van der Waals surface area contributed by atoms with Crippen molar-refractivity contribution in [3.63, 3.8) is 0 Å².